The lowest BCUT2D eigenvalue weighted by Gasteiger charge is -2.33. The van der Waals surface area contributed by atoms with Gasteiger partial charge < -0.3 is 5.11 Å². The van der Waals surface area contributed by atoms with Crippen LogP contribution in [-0.4, -0.2) is 5.11 Å². The Balaban J connectivity index is 2.28. The van der Waals surface area contributed by atoms with E-state index in [1.54, 1.807) is 0 Å². The van der Waals surface area contributed by atoms with Crippen LogP contribution in [0.3, 0.4) is 0 Å². The van der Waals surface area contributed by atoms with Crippen molar-refractivity contribution in [3.63, 3.8) is 0 Å². The van der Waals surface area contributed by atoms with Crippen LogP contribution in [0.2, 0.25) is 0 Å². The molecule has 2 rings (SSSR count). The van der Waals surface area contributed by atoms with Crippen LogP contribution in [-0.2, 0) is 0 Å². The van der Waals surface area contributed by atoms with E-state index in [-0.39, 0.29) is 0 Å². The molecule has 1 aliphatic rings. The van der Waals surface area contributed by atoms with Crippen molar-refractivity contribution >= 4 is 15.9 Å². The first-order chi connectivity index (χ1) is 9.59. The number of hydrogen-bond donors (Lipinski definition) is 1. The fourth-order valence-electron chi connectivity index (χ4n) is 3.08. The fourth-order valence-corrected chi connectivity index (χ4v) is 3.48. The van der Waals surface area contributed by atoms with E-state index in [0.717, 1.165) is 41.3 Å². The van der Waals surface area contributed by atoms with Crippen LogP contribution in [0.5, 0.6) is 0 Å². The Kier molecular flexibility index (Phi) is 5.23. The minimum Gasteiger partial charge on any atom is -0.387 e. The zero-order valence-electron chi connectivity index (χ0n) is 12.0. The molecule has 0 radical (unpaired) electrons. The lowest BCUT2D eigenvalue weighted by molar-refractivity contribution is 0.0434. The van der Waals surface area contributed by atoms with E-state index < -0.39 is 11.5 Å². The van der Waals surface area contributed by atoms with Gasteiger partial charge >= 0.3 is 0 Å². The summed E-state index contributed by atoms with van der Waals surface area (Å²) in [6.45, 7) is 2.02. The highest BCUT2D eigenvalue weighted by Gasteiger charge is 2.38. The molecule has 0 aromatic heterocycles. The number of aryl methyl sites for hydroxylation is 1. The Morgan fingerprint density at radius 1 is 1.20 bits per heavy atom. The predicted molar refractivity (Wildman–Crippen MR) is 84.2 cm³/mol. The first-order valence-electron chi connectivity index (χ1n) is 7.44. The molecule has 3 heteroatoms. The quantitative estimate of drug-likeness (QED) is 0.822. The molecule has 0 aliphatic heterocycles. The molecule has 2 nitrogen and oxygen atoms in total. The average Bonchev–Trinajstić information content (AvgIpc) is 2.42. The molecule has 1 aliphatic carbocycles. The highest BCUT2D eigenvalue weighted by Crippen LogP contribution is 2.44. The molecule has 20 heavy (non-hydrogen) atoms. The predicted octanol–water partition coefficient (Wildman–Crippen LogP) is 5.05. The summed E-state index contributed by atoms with van der Waals surface area (Å²) in [5, 5.41) is 20.5. The van der Waals surface area contributed by atoms with Crippen molar-refractivity contribution in [2.75, 3.05) is 0 Å². The monoisotopic (exact) mass is 335 g/mol. The second-order valence-corrected chi connectivity index (χ2v) is 6.80. The third-order valence-corrected chi connectivity index (χ3v) is 5.36. The van der Waals surface area contributed by atoms with Gasteiger partial charge in [-0.2, -0.15) is 5.26 Å². The van der Waals surface area contributed by atoms with Crippen LogP contribution in [0.4, 0.5) is 0 Å². The molecule has 0 amide bonds. The van der Waals surface area contributed by atoms with Crippen molar-refractivity contribution < 1.29 is 5.11 Å². The van der Waals surface area contributed by atoms with Crippen LogP contribution in [0.25, 0.3) is 0 Å². The zero-order valence-corrected chi connectivity index (χ0v) is 13.6. The summed E-state index contributed by atoms with van der Waals surface area (Å²) in [5.41, 5.74) is 1.38. The standard InChI is InChI=1S/C17H22BrNO/c1-13-7-8-14(11-15(13)18)16(20)17(12-19)9-5-3-2-4-6-10-17/h7-8,11,16,20H,2-6,9-10H2,1H3. The van der Waals surface area contributed by atoms with E-state index in [2.05, 4.69) is 22.0 Å². The van der Waals surface area contributed by atoms with Gasteiger partial charge in [-0.05, 0) is 37.0 Å². The second-order valence-electron chi connectivity index (χ2n) is 5.95. The first-order valence-corrected chi connectivity index (χ1v) is 8.24. The van der Waals surface area contributed by atoms with Crippen LogP contribution in [0.1, 0.15) is 62.2 Å². The number of aliphatic hydroxyl groups excluding tert-OH is 1. The molecule has 1 aromatic rings. The number of benzene rings is 1. The molecule has 1 saturated carbocycles. The highest BCUT2D eigenvalue weighted by atomic mass is 79.9. The highest BCUT2D eigenvalue weighted by molar-refractivity contribution is 9.10. The number of hydrogen-bond acceptors (Lipinski definition) is 2. The number of rotatable bonds is 2. The lowest BCUT2D eigenvalue weighted by Crippen LogP contribution is -2.28. The number of aliphatic hydroxyl groups is 1. The molecule has 0 spiro atoms. The Hall–Kier alpha value is -0.850. The van der Waals surface area contributed by atoms with E-state index in [4.69, 9.17) is 0 Å². The summed E-state index contributed by atoms with van der Waals surface area (Å²) in [5.74, 6) is 0. The Labute approximate surface area is 129 Å². The summed E-state index contributed by atoms with van der Waals surface area (Å²) in [6.07, 6.45) is 6.60. The maximum absolute atomic E-state index is 10.8. The van der Waals surface area contributed by atoms with Gasteiger partial charge in [-0.15, -0.1) is 0 Å². The van der Waals surface area contributed by atoms with Gasteiger partial charge in [-0.3, -0.25) is 0 Å². The molecule has 1 unspecified atom stereocenters. The van der Waals surface area contributed by atoms with E-state index in [9.17, 15) is 10.4 Å². The molecule has 1 aromatic carbocycles. The summed E-state index contributed by atoms with van der Waals surface area (Å²) in [7, 11) is 0. The third kappa shape index (κ3) is 3.24. The van der Waals surface area contributed by atoms with E-state index in [1.165, 1.54) is 19.3 Å². The van der Waals surface area contributed by atoms with Gasteiger partial charge in [0.25, 0.3) is 0 Å². The third-order valence-electron chi connectivity index (χ3n) is 4.50. The summed E-state index contributed by atoms with van der Waals surface area (Å²) >= 11 is 3.51. The molecular weight excluding hydrogens is 314 g/mol. The molecule has 1 fully saturated rings. The molecule has 0 saturated heterocycles. The van der Waals surface area contributed by atoms with Gasteiger partial charge in [-0.1, -0.05) is 60.2 Å². The molecule has 0 bridgehead atoms. The molecule has 1 atom stereocenters. The van der Waals surface area contributed by atoms with E-state index in [1.807, 2.05) is 25.1 Å². The Morgan fingerprint density at radius 3 is 2.35 bits per heavy atom. The minimum atomic E-state index is -0.692. The van der Waals surface area contributed by atoms with Crippen molar-refractivity contribution in [1.82, 2.24) is 0 Å². The first kappa shape index (κ1) is 15.5. The van der Waals surface area contributed by atoms with Gasteiger partial charge in [-0.25, -0.2) is 0 Å². The van der Waals surface area contributed by atoms with Gasteiger partial charge in [0.15, 0.2) is 0 Å². The normalized spacial score (nSPS) is 20.5. The smallest absolute Gasteiger partial charge is 0.0976 e. The molecular formula is C17H22BrNO. The molecule has 108 valence electrons. The number of halogens is 1. The average molecular weight is 336 g/mol. The van der Waals surface area contributed by atoms with E-state index >= 15 is 0 Å². The maximum Gasteiger partial charge on any atom is 0.0976 e. The number of nitrogens with zero attached hydrogens (tertiary/aromatic N) is 1. The molecule has 1 N–H and O–H groups in total. The van der Waals surface area contributed by atoms with Crippen molar-refractivity contribution in [1.29, 1.82) is 5.26 Å². The van der Waals surface area contributed by atoms with Gasteiger partial charge in [0.2, 0.25) is 0 Å². The van der Waals surface area contributed by atoms with Crippen LogP contribution in [0.15, 0.2) is 22.7 Å². The SMILES string of the molecule is Cc1ccc(C(O)C2(C#N)CCCCCCC2)cc1Br. The number of nitriles is 1. The summed E-state index contributed by atoms with van der Waals surface area (Å²) < 4.78 is 0.994. The fraction of sp³-hybridized carbons (Fsp3) is 0.588. The largest absolute Gasteiger partial charge is 0.387 e. The van der Waals surface area contributed by atoms with Crippen LogP contribution < -0.4 is 0 Å². The minimum absolute atomic E-state index is 0.616. The van der Waals surface area contributed by atoms with E-state index in [0.29, 0.717) is 0 Å². The van der Waals surface area contributed by atoms with Crippen LogP contribution in [0, 0.1) is 23.7 Å². The van der Waals surface area contributed by atoms with Gasteiger partial charge in [0.05, 0.1) is 17.6 Å². The zero-order chi connectivity index (χ0) is 14.6. The van der Waals surface area contributed by atoms with Gasteiger partial charge in [0.1, 0.15) is 0 Å². The lowest BCUT2D eigenvalue weighted by atomic mass is 9.71. The summed E-state index contributed by atoms with van der Waals surface area (Å²) in [4.78, 5) is 0. The maximum atomic E-state index is 10.8. The van der Waals surface area contributed by atoms with Gasteiger partial charge in [0, 0.05) is 4.47 Å². The van der Waals surface area contributed by atoms with Crippen molar-refractivity contribution in [3.05, 3.63) is 33.8 Å². The Bertz CT molecular complexity index is 498. The topological polar surface area (TPSA) is 44.0 Å². The van der Waals surface area contributed by atoms with Crippen LogP contribution >= 0.6 is 15.9 Å². The second kappa shape index (κ2) is 6.74. The summed E-state index contributed by atoms with van der Waals surface area (Å²) in [6, 6.07) is 8.35. The van der Waals surface area contributed by atoms with Crippen molar-refractivity contribution in [2.24, 2.45) is 5.41 Å². The van der Waals surface area contributed by atoms with Crippen molar-refractivity contribution in [2.45, 2.75) is 58.0 Å². The Morgan fingerprint density at radius 2 is 1.80 bits per heavy atom. The van der Waals surface area contributed by atoms with Crippen molar-refractivity contribution in [3.8, 4) is 6.07 Å². The molecule has 0 heterocycles.